The Hall–Kier alpha value is -3.31. The molecule has 0 saturated heterocycles. The van der Waals surface area contributed by atoms with Gasteiger partial charge in [-0.15, -0.1) is 13.2 Å². The highest BCUT2D eigenvalue weighted by Gasteiger charge is 2.31. The van der Waals surface area contributed by atoms with Gasteiger partial charge >= 0.3 is 6.36 Å². The molecule has 2 aromatic carbocycles. The molecular formula is C20H15ClF3N2O5S+. The van der Waals surface area contributed by atoms with E-state index in [4.69, 9.17) is 11.6 Å². The van der Waals surface area contributed by atoms with Gasteiger partial charge in [0.1, 0.15) is 5.75 Å². The highest BCUT2D eigenvalue weighted by Crippen LogP contribution is 2.28. The number of pyridine rings is 1. The second-order valence-electron chi connectivity index (χ2n) is 6.50. The Morgan fingerprint density at radius 2 is 1.75 bits per heavy atom. The molecule has 2 N–H and O–H groups in total. The van der Waals surface area contributed by atoms with Crippen molar-refractivity contribution in [3.05, 3.63) is 82.6 Å². The van der Waals surface area contributed by atoms with Crippen LogP contribution in [0.2, 0.25) is 5.02 Å². The third kappa shape index (κ3) is 5.29. The van der Waals surface area contributed by atoms with Crippen molar-refractivity contribution in [1.29, 1.82) is 0 Å². The molecule has 3 aromatic rings. The first-order chi connectivity index (χ1) is 14.9. The Balaban J connectivity index is 1.95. The van der Waals surface area contributed by atoms with Gasteiger partial charge in [-0.1, -0.05) is 11.6 Å². The van der Waals surface area contributed by atoms with E-state index in [-0.39, 0.29) is 32.4 Å². The molecule has 0 saturated carbocycles. The van der Waals surface area contributed by atoms with E-state index < -0.39 is 27.9 Å². The van der Waals surface area contributed by atoms with Gasteiger partial charge in [-0.05, 0) is 48.5 Å². The third-order valence-corrected chi connectivity index (χ3v) is 5.92. The first-order valence-electron chi connectivity index (χ1n) is 8.81. The van der Waals surface area contributed by atoms with Crippen LogP contribution in [0.15, 0.2) is 65.7 Å². The lowest BCUT2D eigenvalue weighted by Gasteiger charge is -2.13. The van der Waals surface area contributed by atoms with Crippen molar-refractivity contribution < 1.29 is 41.1 Å². The minimum absolute atomic E-state index is 0.0904. The van der Waals surface area contributed by atoms with Crippen LogP contribution < -0.4 is 14.2 Å². The molecule has 0 aliphatic heterocycles. The lowest BCUT2D eigenvalue weighted by Crippen LogP contribution is -2.35. The van der Waals surface area contributed by atoms with Crippen LogP contribution in [0.3, 0.4) is 0 Å². The summed E-state index contributed by atoms with van der Waals surface area (Å²) in [5.41, 5.74) is 0.119. The molecule has 0 bridgehead atoms. The van der Waals surface area contributed by atoms with Gasteiger partial charge in [0.25, 0.3) is 10.0 Å². The summed E-state index contributed by atoms with van der Waals surface area (Å²) in [7, 11) is -4.28. The van der Waals surface area contributed by atoms with Crippen LogP contribution in [0.1, 0.15) is 21.6 Å². The summed E-state index contributed by atoms with van der Waals surface area (Å²) in [5.74, 6) is -1.20. The predicted molar refractivity (Wildman–Crippen MR) is 107 cm³/mol. The van der Waals surface area contributed by atoms with E-state index in [2.05, 4.69) is 9.46 Å². The Kier molecular flexibility index (Phi) is 6.33. The molecule has 0 fully saturated rings. The van der Waals surface area contributed by atoms with Crippen molar-refractivity contribution in [2.45, 2.75) is 18.2 Å². The van der Waals surface area contributed by atoms with E-state index in [9.17, 15) is 31.6 Å². The van der Waals surface area contributed by atoms with E-state index in [0.29, 0.717) is 0 Å². The molecule has 0 atom stereocenters. The number of rotatable bonds is 6. The zero-order chi connectivity index (χ0) is 23.7. The molecule has 0 aliphatic carbocycles. The number of benzene rings is 2. The molecule has 12 heteroatoms. The molecule has 1 heterocycles. The smallest absolute Gasteiger partial charge is 0.406 e. The zero-order valence-electron chi connectivity index (χ0n) is 16.2. The van der Waals surface area contributed by atoms with E-state index in [1.54, 1.807) is 0 Å². The monoisotopic (exact) mass is 487 g/mol. The number of hydrogen-bond acceptors (Lipinski definition) is 5. The number of carbonyl (C=O) groups excluding carboxylic acids is 1. The van der Waals surface area contributed by atoms with E-state index in [1.165, 1.54) is 43.5 Å². The topological polar surface area (TPSA) is 96.6 Å². The number of sulfonamides is 1. The molecule has 0 amide bonds. The third-order valence-electron chi connectivity index (χ3n) is 4.31. The number of ketones is 1. The lowest BCUT2D eigenvalue weighted by molar-refractivity contribution is -0.908. The number of anilines is 1. The summed E-state index contributed by atoms with van der Waals surface area (Å²) in [5, 5.41) is 9.96. The fraction of sp³-hybridized carbons (Fsp3) is 0.100. The number of ether oxygens (including phenoxy) is 1. The molecule has 1 aromatic heterocycles. The van der Waals surface area contributed by atoms with Crippen LogP contribution in [-0.4, -0.2) is 25.8 Å². The number of halogens is 4. The first kappa shape index (κ1) is 23.4. The summed E-state index contributed by atoms with van der Waals surface area (Å²) in [6.45, 7) is 1.49. The summed E-state index contributed by atoms with van der Waals surface area (Å²) in [6, 6.07) is 10.3. The van der Waals surface area contributed by atoms with Crippen LogP contribution in [0.5, 0.6) is 5.75 Å². The number of carbonyl (C=O) groups is 1. The van der Waals surface area contributed by atoms with Crippen LogP contribution in [0, 0.1) is 6.92 Å². The Morgan fingerprint density at radius 1 is 1.09 bits per heavy atom. The normalized spacial score (nSPS) is 11.8. The predicted octanol–water partition coefficient (Wildman–Crippen LogP) is 4.10. The minimum atomic E-state index is -4.92. The van der Waals surface area contributed by atoms with Crippen LogP contribution in [-0.2, 0) is 10.0 Å². The van der Waals surface area contributed by atoms with E-state index >= 15 is 0 Å². The maximum Gasteiger partial charge on any atom is 0.573 e. The molecule has 0 radical (unpaired) electrons. The molecule has 0 aliphatic rings. The maximum atomic E-state index is 13.1. The number of nitrogens with one attached hydrogen (secondary N) is 1. The number of nitrogens with zero attached hydrogens (tertiary/aromatic N) is 1. The number of hydrogen-bond donors (Lipinski definition) is 2. The summed E-state index contributed by atoms with van der Waals surface area (Å²) in [6.07, 6.45) is -3.60. The van der Waals surface area contributed by atoms with Crippen molar-refractivity contribution >= 4 is 33.1 Å². The van der Waals surface area contributed by atoms with Crippen molar-refractivity contribution in [2.24, 2.45) is 0 Å². The van der Waals surface area contributed by atoms with Crippen LogP contribution in [0.25, 0.3) is 0 Å². The van der Waals surface area contributed by atoms with Crippen molar-refractivity contribution in [3.63, 3.8) is 0 Å². The van der Waals surface area contributed by atoms with Crippen molar-refractivity contribution in [2.75, 3.05) is 4.72 Å². The molecule has 3 rings (SSSR count). The average molecular weight is 488 g/mol. The van der Waals surface area contributed by atoms with Crippen LogP contribution >= 0.6 is 11.6 Å². The molecule has 32 heavy (non-hydrogen) atoms. The Labute approximate surface area is 185 Å². The van der Waals surface area contributed by atoms with Gasteiger partial charge in [-0.25, -0.2) is 8.42 Å². The number of alkyl halides is 3. The Morgan fingerprint density at radius 3 is 2.38 bits per heavy atom. The molecule has 0 unspecified atom stereocenters. The standard InChI is InChI=1S/C20H14ClF3N2O5S/c1-12-16(3-2-10-26(12)28)19(27)17-11-13(21)4-9-18(17)25-32(29,30)15-7-5-14(6-8-15)31-20(22,23)24/h2-11H,1H3,(H-,25,27,28)/p+1. The van der Waals surface area contributed by atoms with Gasteiger partial charge in [0.05, 0.1) is 16.1 Å². The van der Waals surface area contributed by atoms with Gasteiger partial charge in [0, 0.05) is 28.3 Å². The van der Waals surface area contributed by atoms with E-state index in [1.807, 2.05) is 0 Å². The van der Waals surface area contributed by atoms with E-state index in [0.717, 1.165) is 29.0 Å². The summed E-state index contributed by atoms with van der Waals surface area (Å²) >= 11 is 5.99. The average Bonchev–Trinajstić information content (AvgIpc) is 2.70. The maximum absolute atomic E-state index is 13.1. The van der Waals surface area contributed by atoms with Crippen LogP contribution in [0.4, 0.5) is 18.9 Å². The zero-order valence-corrected chi connectivity index (χ0v) is 17.8. The van der Waals surface area contributed by atoms with Gasteiger partial charge in [0.15, 0.2) is 0 Å². The molecule has 168 valence electrons. The SMILES string of the molecule is Cc1c(C(=O)c2cc(Cl)ccc2NS(=O)(=O)c2ccc(OC(F)(F)F)cc2)ccc[n+]1O. The number of aromatic nitrogens is 1. The molecule has 0 spiro atoms. The van der Waals surface area contributed by atoms with Gasteiger partial charge in [0.2, 0.25) is 17.7 Å². The first-order valence-corrected chi connectivity index (χ1v) is 10.7. The van der Waals surface area contributed by atoms with Crippen molar-refractivity contribution in [1.82, 2.24) is 0 Å². The fourth-order valence-electron chi connectivity index (χ4n) is 2.78. The van der Waals surface area contributed by atoms with Gasteiger partial charge in [-0.3, -0.25) is 14.7 Å². The Bertz CT molecular complexity index is 1280. The highest BCUT2D eigenvalue weighted by molar-refractivity contribution is 7.92. The summed E-state index contributed by atoms with van der Waals surface area (Å²) in [4.78, 5) is 12.7. The lowest BCUT2D eigenvalue weighted by atomic mass is 10.0. The largest absolute Gasteiger partial charge is 0.573 e. The second-order valence-corrected chi connectivity index (χ2v) is 8.61. The quantitative estimate of drug-likeness (QED) is 0.310. The molecule has 7 nitrogen and oxygen atoms in total. The fourth-order valence-corrected chi connectivity index (χ4v) is 4.03. The van der Waals surface area contributed by atoms with Gasteiger partial charge in [-0.2, -0.15) is 0 Å². The molecular weight excluding hydrogens is 473 g/mol. The minimum Gasteiger partial charge on any atom is -0.406 e. The van der Waals surface area contributed by atoms with Gasteiger partial charge < -0.3 is 4.74 Å². The van der Waals surface area contributed by atoms with Crippen molar-refractivity contribution in [3.8, 4) is 5.75 Å². The summed E-state index contributed by atoms with van der Waals surface area (Å²) < 4.78 is 69.1. The second kappa shape index (κ2) is 8.67. The highest BCUT2D eigenvalue weighted by atomic mass is 35.5.